The fourth-order valence-corrected chi connectivity index (χ4v) is 8.17. The third-order valence-corrected chi connectivity index (χ3v) is 11.3. The van der Waals surface area contributed by atoms with Crippen LogP contribution in [-0.4, -0.2) is 80.2 Å². The maximum atomic E-state index is 13.6. The monoisotopic (exact) mass is 746 g/mol. The van der Waals surface area contributed by atoms with Gasteiger partial charge in [0.05, 0.1) is 46.0 Å². The summed E-state index contributed by atoms with van der Waals surface area (Å²) < 4.78 is 7.51. The first-order valence-electron chi connectivity index (χ1n) is 17.9. The molecule has 4 N–H and O–H groups in total. The lowest BCUT2D eigenvalue weighted by atomic mass is 9.87. The van der Waals surface area contributed by atoms with Crippen molar-refractivity contribution in [1.82, 2.24) is 35.1 Å². The third-order valence-electron chi connectivity index (χ3n) is 10.5. The van der Waals surface area contributed by atoms with Crippen molar-refractivity contribution in [3.8, 4) is 28.4 Å². The highest BCUT2D eigenvalue weighted by Crippen LogP contribution is 2.40. The van der Waals surface area contributed by atoms with Gasteiger partial charge in [-0.05, 0) is 56.2 Å². The van der Waals surface area contributed by atoms with E-state index in [1.54, 1.807) is 31.5 Å². The first kappa shape index (κ1) is 36.3. The number of carbonyl (C=O) groups is 2. The molecule has 1 saturated carbocycles. The van der Waals surface area contributed by atoms with Gasteiger partial charge in [-0.3, -0.25) is 19.5 Å². The van der Waals surface area contributed by atoms with E-state index in [4.69, 9.17) is 37.9 Å². The van der Waals surface area contributed by atoms with Gasteiger partial charge in [-0.25, -0.2) is 9.97 Å². The number of fused-ring (bicyclic) bond motifs is 1. The van der Waals surface area contributed by atoms with Crippen molar-refractivity contribution in [1.29, 1.82) is 0 Å². The summed E-state index contributed by atoms with van der Waals surface area (Å²) in [5.41, 5.74) is 5.55. The highest BCUT2D eigenvalue weighted by Gasteiger charge is 2.29. The summed E-state index contributed by atoms with van der Waals surface area (Å²) in [4.78, 5) is 41.7. The van der Waals surface area contributed by atoms with Crippen LogP contribution in [0.1, 0.15) is 66.1 Å². The first-order chi connectivity index (χ1) is 25.2. The van der Waals surface area contributed by atoms with Crippen LogP contribution in [0.3, 0.4) is 0 Å². The van der Waals surface area contributed by atoms with E-state index in [2.05, 4.69) is 25.8 Å². The Bertz CT molecular complexity index is 1960. The van der Waals surface area contributed by atoms with E-state index < -0.39 is 0 Å². The molecule has 0 radical (unpaired) electrons. The quantitative estimate of drug-likeness (QED) is 0.159. The summed E-state index contributed by atoms with van der Waals surface area (Å²) in [6, 6.07) is 11.1. The Morgan fingerprint density at radius 3 is 2.63 bits per heavy atom. The number of methoxy groups -OCH3 is 1. The van der Waals surface area contributed by atoms with Gasteiger partial charge in [-0.1, -0.05) is 41.4 Å². The van der Waals surface area contributed by atoms with E-state index >= 15 is 0 Å². The van der Waals surface area contributed by atoms with E-state index in [9.17, 15) is 14.7 Å². The summed E-state index contributed by atoms with van der Waals surface area (Å²) in [5, 5.41) is 19.9. The van der Waals surface area contributed by atoms with Crippen LogP contribution in [0.2, 0.25) is 10.0 Å². The minimum absolute atomic E-state index is 0.0880. The molecular formula is C38H44Cl2N8O4. The molecule has 0 spiro atoms. The summed E-state index contributed by atoms with van der Waals surface area (Å²) in [6.07, 6.45) is 7.54. The Morgan fingerprint density at radius 2 is 1.87 bits per heavy atom. The van der Waals surface area contributed by atoms with Crippen LogP contribution in [0.25, 0.3) is 22.5 Å². The second kappa shape index (κ2) is 15.9. The van der Waals surface area contributed by atoms with Crippen LogP contribution >= 0.6 is 23.2 Å². The maximum Gasteiger partial charge on any atom is 0.291 e. The lowest BCUT2D eigenvalue weighted by Crippen LogP contribution is -2.36. The molecule has 3 aliphatic rings. The first-order valence-corrected chi connectivity index (χ1v) is 18.7. The standard InChI is InChI=1S/C38H44Cl2N8O4/c1-47-31-15-17-48(20-22-6-10-25(49)11-7-22)21-30(31)44-36(47)37(51)45-29-5-3-4-27(33(29)39)35-34(40)26(14-16-42-35)28-12-8-23(38(46-28)52-2)18-41-19-24-9-13-32(50)43-24/h3-5,8,12,14,16,22,24-25,41,49H,6-7,9-11,13,15,17-21H2,1-2H3,(H,43,50)(H,45,51)/t22-,24-,25+/m0/s1. The number of ether oxygens (including phenoxy) is 1. The Balaban J connectivity index is 1.05. The number of carbonyl (C=O) groups excluding carboxylic acids is 2. The molecule has 2 fully saturated rings. The summed E-state index contributed by atoms with van der Waals surface area (Å²) in [7, 11) is 3.46. The molecule has 7 rings (SSSR count). The zero-order valence-corrected chi connectivity index (χ0v) is 30.9. The number of aromatic nitrogens is 4. The highest BCUT2D eigenvalue weighted by atomic mass is 35.5. The number of nitrogens with zero attached hydrogens (tertiary/aromatic N) is 5. The van der Waals surface area contributed by atoms with Crippen molar-refractivity contribution in [2.24, 2.45) is 13.0 Å². The number of rotatable bonds is 11. The topological polar surface area (TPSA) is 147 Å². The molecule has 52 heavy (non-hydrogen) atoms. The Kier molecular flexibility index (Phi) is 11.1. The largest absolute Gasteiger partial charge is 0.481 e. The highest BCUT2D eigenvalue weighted by molar-refractivity contribution is 6.39. The zero-order chi connectivity index (χ0) is 36.4. The van der Waals surface area contributed by atoms with Crippen molar-refractivity contribution < 1.29 is 19.4 Å². The normalized spacial score (nSPS) is 20.4. The van der Waals surface area contributed by atoms with Crippen LogP contribution < -0.4 is 20.7 Å². The average Bonchev–Trinajstić information content (AvgIpc) is 3.72. The van der Waals surface area contributed by atoms with Crippen LogP contribution in [0.15, 0.2) is 42.6 Å². The minimum atomic E-state index is -0.351. The van der Waals surface area contributed by atoms with Crippen molar-refractivity contribution in [3.05, 3.63) is 75.4 Å². The molecule has 14 heteroatoms. The van der Waals surface area contributed by atoms with E-state index in [1.165, 1.54) is 0 Å². The molecule has 0 unspecified atom stereocenters. The smallest absolute Gasteiger partial charge is 0.291 e. The Hall–Kier alpha value is -4.07. The minimum Gasteiger partial charge on any atom is -0.481 e. The lowest BCUT2D eigenvalue weighted by molar-refractivity contribution is -0.119. The van der Waals surface area contributed by atoms with Crippen molar-refractivity contribution in [3.63, 3.8) is 0 Å². The van der Waals surface area contributed by atoms with E-state index in [0.717, 1.165) is 68.6 Å². The maximum absolute atomic E-state index is 13.6. The number of pyridine rings is 2. The predicted octanol–water partition coefficient (Wildman–Crippen LogP) is 5.39. The SMILES string of the molecule is COc1nc(-c2ccnc(-c3cccc(NC(=O)c4nc5c(n4C)CCN(C[C@H]4CC[C@@H](O)CC4)C5)c3Cl)c2Cl)ccc1CNC[C@@H]1CCC(=O)N1. The number of imidazole rings is 1. The van der Waals surface area contributed by atoms with Gasteiger partial charge >= 0.3 is 0 Å². The second-order valence-corrected chi connectivity index (χ2v) is 14.7. The number of amides is 2. The molecule has 1 aromatic carbocycles. The number of halogens is 2. The van der Waals surface area contributed by atoms with Gasteiger partial charge in [0.1, 0.15) is 0 Å². The number of nitrogens with one attached hydrogen (secondary N) is 3. The van der Waals surface area contributed by atoms with Crippen molar-refractivity contribution >= 4 is 40.7 Å². The van der Waals surface area contributed by atoms with Gasteiger partial charge in [0.2, 0.25) is 11.8 Å². The van der Waals surface area contributed by atoms with Crippen molar-refractivity contribution in [2.75, 3.05) is 32.1 Å². The van der Waals surface area contributed by atoms with Gasteiger partial charge in [0.15, 0.2) is 5.82 Å². The summed E-state index contributed by atoms with van der Waals surface area (Å²) in [5.74, 6) is 1.11. The molecule has 2 aliphatic heterocycles. The van der Waals surface area contributed by atoms with E-state index in [1.807, 2.05) is 29.8 Å². The number of aliphatic hydroxyl groups excluding tert-OH is 1. The predicted molar refractivity (Wildman–Crippen MR) is 200 cm³/mol. The van der Waals surface area contributed by atoms with E-state index in [-0.39, 0.29) is 24.0 Å². The number of anilines is 1. The number of aliphatic hydroxyl groups is 1. The molecular weight excluding hydrogens is 703 g/mol. The fourth-order valence-electron chi connectivity index (χ4n) is 7.59. The lowest BCUT2D eigenvalue weighted by Gasteiger charge is -2.33. The molecule has 3 aromatic heterocycles. The number of benzene rings is 1. The number of hydrogen-bond acceptors (Lipinski definition) is 9. The molecule has 1 saturated heterocycles. The summed E-state index contributed by atoms with van der Waals surface area (Å²) >= 11 is 14.0. The Morgan fingerprint density at radius 1 is 1.04 bits per heavy atom. The average molecular weight is 748 g/mol. The fraction of sp³-hybridized carbons (Fsp3) is 0.447. The molecule has 1 atom stereocenters. The van der Waals surface area contributed by atoms with Gasteiger partial charge in [-0.2, -0.15) is 0 Å². The van der Waals surface area contributed by atoms with Crippen molar-refractivity contribution in [2.45, 2.75) is 70.2 Å². The van der Waals surface area contributed by atoms with Gasteiger partial charge in [0.25, 0.3) is 5.91 Å². The second-order valence-electron chi connectivity index (χ2n) is 14.0. The molecule has 274 valence electrons. The molecule has 1 aliphatic carbocycles. The third kappa shape index (κ3) is 7.81. The van der Waals surface area contributed by atoms with Gasteiger partial charge in [0, 0.05) is 87.2 Å². The zero-order valence-electron chi connectivity index (χ0n) is 29.4. The molecule has 4 aromatic rings. The molecule has 2 amide bonds. The summed E-state index contributed by atoms with van der Waals surface area (Å²) in [6.45, 7) is 3.79. The van der Waals surface area contributed by atoms with Gasteiger partial charge < -0.3 is 30.4 Å². The molecule has 5 heterocycles. The van der Waals surface area contributed by atoms with Gasteiger partial charge in [-0.15, -0.1) is 0 Å². The molecule has 0 bridgehead atoms. The van der Waals surface area contributed by atoms with E-state index in [0.29, 0.717) is 81.9 Å². The van der Waals surface area contributed by atoms with Crippen LogP contribution in [0.5, 0.6) is 5.88 Å². The van der Waals surface area contributed by atoms with Crippen LogP contribution in [-0.2, 0) is 31.4 Å². The number of hydrogen-bond donors (Lipinski definition) is 4. The Labute approximate surface area is 313 Å². The molecule has 12 nitrogen and oxygen atoms in total. The van der Waals surface area contributed by atoms with Crippen LogP contribution in [0.4, 0.5) is 5.69 Å². The van der Waals surface area contributed by atoms with Crippen LogP contribution in [0, 0.1) is 5.92 Å².